The van der Waals surface area contributed by atoms with Gasteiger partial charge in [0.1, 0.15) is 12.4 Å². The first-order valence-corrected chi connectivity index (χ1v) is 9.06. The maximum absolute atomic E-state index is 11.1. The van der Waals surface area contributed by atoms with Gasteiger partial charge in [-0.2, -0.15) is 0 Å². The maximum atomic E-state index is 11.1. The van der Waals surface area contributed by atoms with E-state index in [1.165, 1.54) is 0 Å². The van der Waals surface area contributed by atoms with E-state index in [1.807, 2.05) is 13.8 Å². The molecule has 1 aromatic rings. The van der Waals surface area contributed by atoms with Crippen molar-refractivity contribution in [3.05, 3.63) is 24.3 Å². The molecule has 0 radical (unpaired) electrons. The molecule has 0 saturated carbocycles. The number of aliphatic imine (C=N–C) groups is 1. The van der Waals surface area contributed by atoms with E-state index in [4.69, 9.17) is 4.74 Å². The number of benzene rings is 1. The Balaban J connectivity index is 0.00000484. The van der Waals surface area contributed by atoms with E-state index in [0.29, 0.717) is 24.6 Å². The van der Waals surface area contributed by atoms with Crippen LogP contribution >= 0.6 is 24.0 Å². The van der Waals surface area contributed by atoms with Crippen molar-refractivity contribution in [2.24, 2.45) is 4.99 Å². The maximum Gasteiger partial charge on any atom is 0.229 e. The van der Waals surface area contributed by atoms with Crippen molar-refractivity contribution in [1.29, 1.82) is 0 Å². The van der Waals surface area contributed by atoms with Crippen molar-refractivity contribution in [3.8, 4) is 5.75 Å². The summed E-state index contributed by atoms with van der Waals surface area (Å²) in [4.78, 5) is 4.36. The van der Waals surface area contributed by atoms with Crippen LogP contribution in [0.3, 0.4) is 0 Å². The summed E-state index contributed by atoms with van der Waals surface area (Å²) >= 11 is 0. The zero-order chi connectivity index (χ0) is 16.4. The number of nitrogens with one attached hydrogen (secondary N) is 3. The van der Waals surface area contributed by atoms with Crippen LogP contribution in [-0.2, 0) is 10.0 Å². The molecule has 0 amide bonds. The van der Waals surface area contributed by atoms with Crippen molar-refractivity contribution in [2.45, 2.75) is 13.8 Å². The fraction of sp³-hybridized carbons (Fsp3) is 0.500. The van der Waals surface area contributed by atoms with Crippen LogP contribution in [-0.4, -0.2) is 46.9 Å². The van der Waals surface area contributed by atoms with Crippen LogP contribution in [0, 0.1) is 0 Å². The number of sulfonamides is 1. The molecule has 0 atom stereocenters. The van der Waals surface area contributed by atoms with Gasteiger partial charge in [0.15, 0.2) is 5.96 Å². The van der Waals surface area contributed by atoms with Gasteiger partial charge in [-0.1, -0.05) is 0 Å². The number of hydrogen-bond acceptors (Lipinski definition) is 4. The third-order valence-electron chi connectivity index (χ3n) is 2.48. The Kier molecular flexibility index (Phi) is 10.7. The zero-order valence-electron chi connectivity index (χ0n) is 13.6. The van der Waals surface area contributed by atoms with Crippen LogP contribution < -0.4 is 20.1 Å². The van der Waals surface area contributed by atoms with Crippen molar-refractivity contribution < 1.29 is 13.2 Å². The largest absolute Gasteiger partial charge is 0.492 e. The molecule has 0 aliphatic carbocycles. The van der Waals surface area contributed by atoms with E-state index < -0.39 is 10.0 Å². The van der Waals surface area contributed by atoms with Crippen molar-refractivity contribution in [1.82, 2.24) is 10.6 Å². The highest BCUT2D eigenvalue weighted by atomic mass is 127. The van der Waals surface area contributed by atoms with Crippen molar-refractivity contribution >= 4 is 45.6 Å². The molecular weight excluding hydrogens is 431 g/mol. The summed E-state index contributed by atoms with van der Waals surface area (Å²) in [5, 5.41) is 6.26. The second-order valence-electron chi connectivity index (χ2n) is 4.54. The molecule has 1 aromatic carbocycles. The summed E-state index contributed by atoms with van der Waals surface area (Å²) in [5.41, 5.74) is 0.509. The van der Waals surface area contributed by atoms with Crippen LogP contribution in [0.25, 0.3) is 0 Å². The fourth-order valence-electron chi connectivity index (χ4n) is 1.66. The molecule has 0 unspecified atom stereocenters. The molecule has 0 aromatic heterocycles. The van der Waals surface area contributed by atoms with Crippen LogP contribution in [0.4, 0.5) is 5.69 Å². The molecule has 3 N–H and O–H groups in total. The molecule has 0 heterocycles. The second kappa shape index (κ2) is 11.3. The topological polar surface area (TPSA) is 91.8 Å². The number of guanidine groups is 1. The Labute approximate surface area is 155 Å². The van der Waals surface area contributed by atoms with Gasteiger partial charge in [0.2, 0.25) is 10.0 Å². The molecule has 9 heteroatoms. The molecule has 0 fully saturated rings. The lowest BCUT2D eigenvalue weighted by Crippen LogP contribution is -2.37. The van der Waals surface area contributed by atoms with Gasteiger partial charge in [-0.15, -0.1) is 24.0 Å². The van der Waals surface area contributed by atoms with Gasteiger partial charge in [-0.05, 0) is 38.1 Å². The van der Waals surface area contributed by atoms with E-state index in [-0.39, 0.29) is 24.0 Å². The van der Waals surface area contributed by atoms with Crippen LogP contribution in [0.15, 0.2) is 29.3 Å². The summed E-state index contributed by atoms with van der Waals surface area (Å²) in [7, 11) is -3.25. The Morgan fingerprint density at radius 3 is 2.17 bits per heavy atom. The van der Waals surface area contributed by atoms with E-state index >= 15 is 0 Å². The lowest BCUT2D eigenvalue weighted by Gasteiger charge is -2.10. The fourth-order valence-corrected chi connectivity index (χ4v) is 2.23. The smallest absolute Gasteiger partial charge is 0.229 e. The van der Waals surface area contributed by atoms with Gasteiger partial charge < -0.3 is 15.4 Å². The van der Waals surface area contributed by atoms with Gasteiger partial charge in [-0.3, -0.25) is 4.72 Å². The minimum absolute atomic E-state index is 0. The van der Waals surface area contributed by atoms with Crippen LogP contribution in [0.5, 0.6) is 5.75 Å². The predicted molar refractivity (Wildman–Crippen MR) is 105 cm³/mol. The van der Waals surface area contributed by atoms with E-state index in [0.717, 1.165) is 25.3 Å². The first-order valence-electron chi connectivity index (χ1n) is 7.17. The molecule has 7 nitrogen and oxygen atoms in total. The molecule has 132 valence electrons. The van der Waals surface area contributed by atoms with E-state index in [2.05, 4.69) is 20.3 Å². The standard InChI is InChI=1S/C14H24N4O3S.HI/c1-4-15-14(16-5-2)17-10-11-21-13-8-6-12(7-9-13)18-22(3,19)20;/h6-9,18H,4-5,10-11H2,1-3H3,(H2,15,16,17);1H. The highest BCUT2D eigenvalue weighted by Crippen LogP contribution is 2.16. The van der Waals surface area contributed by atoms with Crippen LogP contribution in [0.2, 0.25) is 0 Å². The summed E-state index contributed by atoms with van der Waals surface area (Å²) in [6, 6.07) is 6.74. The highest BCUT2D eigenvalue weighted by molar-refractivity contribution is 14.0. The predicted octanol–water partition coefficient (Wildman–Crippen LogP) is 1.63. The number of hydrogen-bond donors (Lipinski definition) is 3. The quantitative estimate of drug-likeness (QED) is 0.240. The Bertz CT molecular complexity index is 568. The van der Waals surface area contributed by atoms with Gasteiger partial charge in [0.25, 0.3) is 0 Å². The van der Waals surface area contributed by atoms with Crippen LogP contribution in [0.1, 0.15) is 13.8 Å². The SMILES string of the molecule is CCNC(=NCCOc1ccc(NS(C)(=O)=O)cc1)NCC.I. The minimum atomic E-state index is -3.25. The van der Waals surface area contributed by atoms with E-state index in [1.54, 1.807) is 24.3 Å². The molecule has 0 aliphatic heterocycles. The summed E-state index contributed by atoms with van der Waals surface area (Å²) in [6.45, 7) is 6.60. The summed E-state index contributed by atoms with van der Waals surface area (Å²) < 4.78 is 30.2. The summed E-state index contributed by atoms with van der Waals surface area (Å²) in [6.07, 6.45) is 1.11. The molecular formula is C14H25IN4O3S. The lowest BCUT2D eigenvalue weighted by molar-refractivity contribution is 0.328. The number of rotatable bonds is 8. The first kappa shape index (κ1) is 21.8. The third kappa shape index (κ3) is 10.2. The first-order chi connectivity index (χ1) is 10.4. The monoisotopic (exact) mass is 456 g/mol. The zero-order valence-corrected chi connectivity index (χ0v) is 16.8. The third-order valence-corrected chi connectivity index (χ3v) is 3.08. The molecule has 0 saturated heterocycles. The Morgan fingerprint density at radius 2 is 1.70 bits per heavy atom. The normalized spacial score (nSPS) is 10.2. The van der Waals surface area contributed by atoms with Gasteiger partial charge >= 0.3 is 0 Å². The average molecular weight is 456 g/mol. The number of ether oxygens (including phenoxy) is 1. The molecule has 1 rings (SSSR count). The van der Waals surface area contributed by atoms with Crippen molar-refractivity contribution in [3.63, 3.8) is 0 Å². The average Bonchev–Trinajstić information content (AvgIpc) is 2.44. The minimum Gasteiger partial charge on any atom is -0.492 e. The van der Waals surface area contributed by atoms with Crippen molar-refractivity contribution in [2.75, 3.05) is 37.2 Å². The van der Waals surface area contributed by atoms with E-state index in [9.17, 15) is 8.42 Å². The molecule has 23 heavy (non-hydrogen) atoms. The Morgan fingerprint density at radius 1 is 1.13 bits per heavy atom. The second-order valence-corrected chi connectivity index (χ2v) is 6.29. The van der Waals surface area contributed by atoms with Gasteiger partial charge in [0.05, 0.1) is 12.8 Å². The summed E-state index contributed by atoms with van der Waals surface area (Å²) in [5.74, 6) is 1.43. The number of anilines is 1. The lowest BCUT2D eigenvalue weighted by atomic mass is 10.3. The number of halogens is 1. The molecule has 0 spiro atoms. The molecule has 0 bridgehead atoms. The number of nitrogens with zero attached hydrogens (tertiary/aromatic N) is 1. The highest BCUT2D eigenvalue weighted by Gasteiger charge is 2.01. The van der Waals surface area contributed by atoms with Gasteiger partial charge in [0, 0.05) is 18.8 Å². The van der Waals surface area contributed by atoms with Gasteiger partial charge in [-0.25, -0.2) is 13.4 Å². The Hall–Kier alpha value is -1.23. The molecule has 0 aliphatic rings.